The Morgan fingerprint density at radius 1 is 1.11 bits per heavy atom. The van der Waals surface area contributed by atoms with Gasteiger partial charge in [-0.3, -0.25) is 9.69 Å². The smallest absolute Gasteiger partial charge is 0.244 e. The molecule has 1 aliphatic heterocycles. The van der Waals surface area contributed by atoms with Crippen LogP contribution in [0.25, 0.3) is 11.4 Å². The van der Waals surface area contributed by atoms with Gasteiger partial charge in [0.15, 0.2) is 0 Å². The normalized spacial score (nSPS) is 21.5. The van der Waals surface area contributed by atoms with E-state index in [2.05, 4.69) is 20.4 Å². The standard InChI is InChI=1S/C21H27FN4O2/c22-16-11-9-15(10-12-16)20-24-21(28-25-20)18-8-4-5-13-26(18)14-19(27)23-17-6-2-1-3-7-17/h9-12,17-18H,1-8,13-14H2,(H,23,27)/t18-/m0/s1. The number of likely N-dealkylation sites (tertiary alicyclic amines) is 1. The molecule has 2 aliphatic rings. The number of nitrogens with zero attached hydrogens (tertiary/aromatic N) is 3. The topological polar surface area (TPSA) is 71.3 Å². The highest BCUT2D eigenvalue weighted by molar-refractivity contribution is 5.78. The first kappa shape index (κ1) is 19.1. The van der Waals surface area contributed by atoms with Crippen molar-refractivity contribution in [2.24, 2.45) is 0 Å². The molecule has 0 spiro atoms. The molecule has 28 heavy (non-hydrogen) atoms. The maximum atomic E-state index is 13.1. The largest absolute Gasteiger partial charge is 0.352 e. The Kier molecular flexibility index (Phi) is 6.00. The minimum Gasteiger partial charge on any atom is -0.352 e. The lowest BCUT2D eigenvalue weighted by Gasteiger charge is -2.33. The van der Waals surface area contributed by atoms with Crippen molar-refractivity contribution in [1.29, 1.82) is 0 Å². The molecule has 1 saturated carbocycles. The molecule has 0 bridgehead atoms. The van der Waals surface area contributed by atoms with E-state index in [0.717, 1.165) is 38.6 Å². The molecule has 150 valence electrons. The summed E-state index contributed by atoms with van der Waals surface area (Å²) in [4.78, 5) is 19.2. The Bertz CT molecular complexity index is 786. The van der Waals surface area contributed by atoms with Gasteiger partial charge in [0, 0.05) is 11.6 Å². The van der Waals surface area contributed by atoms with Crippen molar-refractivity contribution in [2.75, 3.05) is 13.1 Å². The lowest BCUT2D eigenvalue weighted by molar-refractivity contribution is -0.124. The fourth-order valence-corrected chi connectivity index (χ4v) is 4.25. The molecule has 0 unspecified atom stereocenters. The van der Waals surface area contributed by atoms with Crippen LogP contribution in [0.3, 0.4) is 0 Å². The highest BCUT2D eigenvalue weighted by Gasteiger charge is 2.30. The lowest BCUT2D eigenvalue weighted by atomic mass is 9.95. The maximum absolute atomic E-state index is 13.1. The summed E-state index contributed by atoms with van der Waals surface area (Å²) in [7, 11) is 0. The third-order valence-electron chi connectivity index (χ3n) is 5.76. The zero-order valence-electron chi connectivity index (χ0n) is 16.1. The van der Waals surface area contributed by atoms with Gasteiger partial charge >= 0.3 is 0 Å². The van der Waals surface area contributed by atoms with E-state index in [1.54, 1.807) is 12.1 Å². The number of halogens is 1. The number of nitrogens with one attached hydrogen (secondary N) is 1. The van der Waals surface area contributed by atoms with Crippen LogP contribution in [0.5, 0.6) is 0 Å². The average molecular weight is 386 g/mol. The molecular weight excluding hydrogens is 359 g/mol. The summed E-state index contributed by atoms with van der Waals surface area (Å²) in [5.74, 6) is 0.767. The number of carbonyl (C=O) groups excluding carboxylic acids is 1. The first-order valence-corrected chi connectivity index (χ1v) is 10.3. The van der Waals surface area contributed by atoms with E-state index in [1.807, 2.05) is 0 Å². The first-order valence-electron chi connectivity index (χ1n) is 10.3. The van der Waals surface area contributed by atoms with Gasteiger partial charge in [-0.15, -0.1) is 0 Å². The van der Waals surface area contributed by atoms with Crippen LogP contribution in [0.2, 0.25) is 0 Å². The first-order chi connectivity index (χ1) is 13.7. The van der Waals surface area contributed by atoms with E-state index >= 15 is 0 Å². The van der Waals surface area contributed by atoms with Crippen LogP contribution < -0.4 is 5.32 Å². The van der Waals surface area contributed by atoms with Crippen LogP contribution in [0.1, 0.15) is 63.3 Å². The molecule has 1 atom stereocenters. The molecule has 7 heteroatoms. The van der Waals surface area contributed by atoms with Gasteiger partial charge < -0.3 is 9.84 Å². The second-order valence-corrected chi connectivity index (χ2v) is 7.85. The minimum atomic E-state index is -0.296. The van der Waals surface area contributed by atoms with Gasteiger partial charge in [-0.1, -0.05) is 30.8 Å². The monoisotopic (exact) mass is 386 g/mol. The van der Waals surface area contributed by atoms with Gasteiger partial charge in [-0.25, -0.2) is 4.39 Å². The van der Waals surface area contributed by atoms with Crippen LogP contribution >= 0.6 is 0 Å². The van der Waals surface area contributed by atoms with Crippen LogP contribution in [0.4, 0.5) is 4.39 Å². The molecule has 2 fully saturated rings. The van der Waals surface area contributed by atoms with Crippen molar-refractivity contribution < 1.29 is 13.7 Å². The van der Waals surface area contributed by atoms with Crippen LogP contribution in [0.15, 0.2) is 28.8 Å². The van der Waals surface area contributed by atoms with E-state index < -0.39 is 0 Å². The van der Waals surface area contributed by atoms with E-state index in [9.17, 15) is 9.18 Å². The third-order valence-corrected chi connectivity index (χ3v) is 5.76. The zero-order valence-corrected chi connectivity index (χ0v) is 16.1. The van der Waals surface area contributed by atoms with Gasteiger partial charge in [0.1, 0.15) is 5.82 Å². The number of hydrogen-bond donors (Lipinski definition) is 1. The minimum absolute atomic E-state index is 0.0486. The van der Waals surface area contributed by atoms with Crippen LogP contribution in [-0.4, -0.2) is 40.1 Å². The van der Waals surface area contributed by atoms with Gasteiger partial charge in [-0.05, 0) is 56.5 Å². The fraction of sp³-hybridized carbons (Fsp3) is 0.571. The van der Waals surface area contributed by atoms with E-state index in [-0.39, 0.29) is 17.8 Å². The average Bonchev–Trinajstić information content (AvgIpc) is 3.19. The van der Waals surface area contributed by atoms with Gasteiger partial charge in [0.25, 0.3) is 0 Å². The molecule has 1 aliphatic carbocycles. The summed E-state index contributed by atoms with van der Waals surface area (Å²) < 4.78 is 18.7. The molecule has 1 aromatic carbocycles. The molecule has 1 saturated heterocycles. The summed E-state index contributed by atoms with van der Waals surface area (Å²) >= 11 is 0. The van der Waals surface area contributed by atoms with Crippen molar-refractivity contribution in [3.8, 4) is 11.4 Å². The number of benzene rings is 1. The fourth-order valence-electron chi connectivity index (χ4n) is 4.25. The van der Waals surface area contributed by atoms with Crippen LogP contribution in [-0.2, 0) is 4.79 Å². The van der Waals surface area contributed by atoms with Crippen LogP contribution in [0, 0.1) is 5.82 Å². The molecule has 2 heterocycles. The van der Waals surface area contributed by atoms with Crippen molar-refractivity contribution >= 4 is 5.91 Å². The van der Waals surface area contributed by atoms with E-state index in [0.29, 0.717) is 29.9 Å². The molecule has 1 N–H and O–H groups in total. The Labute approximate surface area is 164 Å². The SMILES string of the molecule is O=C(CN1CCCC[C@H]1c1nc(-c2ccc(F)cc2)no1)NC1CCCCC1. The Hall–Kier alpha value is -2.28. The molecule has 1 amide bonds. The van der Waals surface area contributed by atoms with E-state index in [1.165, 1.54) is 31.4 Å². The number of piperidine rings is 1. The second kappa shape index (κ2) is 8.82. The summed E-state index contributed by atoms with van der Waals surface area (Å²) in [5, 5.41) is 7.25. The van der Waals surface area contributed by atoms with Gasteiger partial charge in [0.2, 0.25) is 17.6 Å². The van der Waals surface area contributed by atoms with Crippen molar-refractivity contribution in [3.63, 3.8) is 0 Å². The molecular formula is C21H27FN4O2. The Morgan fingerprint density at radius 3 is 2.64 bits per heavy atom. The molecule has 4 rings (SSSR count). The number of rotatable bonds is 5. The molecule has 6 nitrogen and oxygen atoms in total. The number of carbonyl (C=O) groups is 1. The van der Waals surface area contributed by atoms with Gasteiger partial charge in [-0.2, -0.15) is 4.98 Å². The highest BCUT2D eigenvalue weighted by atomic mass is 19.1. The van der Waals surface area contributed by atoms with Crippen molar-refractivity contribution in [3.05, 3.63) is 36.0 Å². The van der Waals surface area contributed by atoms with Crippen molar-refractivity contribution in [1.82, 2.24) is 20.4 Å². The summed E-state index contributed by atoms with van der Waals surface area (Å²) in [6, 6.07) is 6.31. The maximum Gasteiger partial charge on any atom is 0.244 e. The molecule has 1 aromatic heterocycles. The summed E-state index contributed by atoms with van der Waals surface area (Å²) in [5.41, 5.74) is 0.716. The summed E-state index contributed by atoms with van der Waals surface area (Å²) in [6.45, 7) is 1.20. The molecule has 0 radical (unpaired) electrons. The van der Waals surface area contributed by atoms with Crippen molar-refractivity contribution in [2.45, 2.75) is 63.5 Å². The summed E-state index contributed by atoms with van der Waals surface area (Å²) in [6.07, 6.45) is 8.86. The predicted octanol–water partition coefficient (Wildman–Crippen LogP) is 3.85. The predicted molar refractivity (Wildman–Crippen MR) is 103 cm³/mol. The molecule has 2 aromatic rings. The zero-order chi connectivity index (χ0) is 19.3. The number of hydrogen-bond acceptors (Lipinski definition) is 5. The van der Waals surface area contributed by atoms with E-state index in [4.69, 9.17) is 4.52 Å². The number of aromatic nitrogens is 2. The highest BCUT2D eigenvalue weighted by Crippen LogP contribution is 2.31. The quantitative estimate of drug-likeness (QED) is 0.845. The Balaban J connectivity index is 1.42. The lowest BCUT2D eigenvalue weighted by Crippen LogP contribution is -2.45. The Morgan fingerprint density at radius 2 is 1.86 bits per heavy atom. The number of amides is 1. The third kappa shape index (κ3) is 4.58. The second-order valence-electron chi connectivity index (χ2n) is 7.85. The van der Waals surface area contributed by atoms with Gasteiger partial charge in [0.05, 0.1) is 12.6 Å².